The molecule has 2 nitrogen and oxygen atoms in total. The number of benzene rings is 1. The van der Waals surface area contributed by atoms with Gasteiger partial charge in [-0.05, 0) is 43.0 Å². The van der Waals surface area contributed by atoms with Crippen molar-refractivity contribution in [1.29, 1.82) is 0 Å². The number of rotatable bonds is 2. The van der Waals surface area contributed by atoms with Crippen LogP contribution in [0.25, 0.3) is 0 Å². The Morgan fingerprint density at radius 2 is 2.00 bits per heavy atom. The third kappa shape index (κ3) is 1.75. The van der Waals surface area contributed by atoms with Crippen molar-refractivity contribution < 1.29 is 9.90 Å². The van der Waals surface area contributed by atoms with E-state index < -0.39 is 5.97 Å². The molecule has 0 atom stereocenters. The first-order valence-corrected chi connectivity index (χ1v) is 4.88. The van der Waals surface area contributed by atoms with E-state index in [4.69, 9.17) is 16.7 Å². The Bertz CT molecular complexity index is 383. The van der Waals surface area contributed by atoms with Crippen LogP contribution in [-0.4, -0.2) is 11.1 Å². The maximum atomic E-state index is 11.0. The number of halogens is 1. The largest absolute Gasteiger partial charge is 0.478 e. The van der Waals surface area contributed by atoms with Gasteiger partial charge in [0, 0.05) is 5.02 Å². The van der Waals surface area contributed by atoms with E-state index in [1.807, 2.05) is 19.9 Å². The molecule has 3 heteroatoms. The van der Waals surface area contributed by atoms with Crippen LogP contribution >= 0.6 is 11.6 Å². The van der Waals surface area contributed by atoms with Crippen LogP contribution in [0.2, 0.25) is 5.02 Å². The predicted molar refractivity (Wildman–Crippen MR) is 57.3 cm³/mol. The first kappa shape index (κ1) is 11.1. The van der Waals surface area contributed by atoms with E-state index >= 15 is 0 Å². The van der Waals surface area contributed by atoms with Crippen LogP contribution < -0.4 is 0 Å². The van der Waals surface area contributed by atoms with Gasteiger partial charge >= 0.3 is 5.97 Å². The Morgan fingerprint density at radius 3 is 2.43 bits per heavy atom. The molecule has 0 unspecified atom stereocenters. The Hall–Kier alpha value is -1.02. The van der Waals surface area contributed by atoms with Crippen LogP contribution in [-0.2, 0) is 6.42 Å². The van der Waals surface area contributed by atoms with Gasteiger partial charge in [0.05, 0.1) is 5.56 Å². The number of carboxylic acid groups (broad SMARTS) is 1. The summed E-state index contributed by atoms with van der Waals surface area (Å²) in [4.78, 5) is 11.0. The highest BCUT2D eigenvalue weighted by atomic mass is 35.5. The van der Waals surface area contributed by atoms with Crippen molar-refractivity contribution in [2.45, 2.75) is 27.2 Å². The van der Waals surface area contributed by atoms with Crippen LogP contribution in [0.15, 0.2) is 6.07 Å². The van der Waals surface area contributed by atoms with Crippen LogP contribution in [0.4, 0.5) is 0 Å². The molecule has 0 heterocycles. The predicted octanol–water partition coefficient (Wildman–Crippen LogP) is 3.22. The van der Waals surface area contributed by atoms with Gasteiger partial charge in [-0.25, -0.2) is 4.79 Å². The molecule has 0 aliphatic heterocycles. The highest BCUT2D eigenvalue weighted by Crippen LogP contribution is 2.26. The average Bonchev–Trinajstić information content (AvgIpc) is 2.11. The van der Waals surface area contributed by atoms with Gasteiger partial charge in [0.2, 0.25) is 0 Å². The molecule has 0 bridgehead atoms. The second kappa shape index (κ2) is 4.01. The smallest absolute Gasteiger partial charge is 0.336 e. The second-order valence-electron chi connectivity index (χ2n) is 3.30. The van der Waals surface area contributed by atoms with Crippen molar-refractivity contribution in [3.8, 4) is 0 Å². The first-order chi connectivity index (χ1) is 6.49. The van der Waals surface area contributed by atoms with E-state index in [1.54, 1.807) is 6.92 Å². The molecule has 0 aliphatic carbocycles. The molecular weight excluding hydrogens is 200 g/mol. The van der Waals surface area contributed by atoms with Crippen molar-refractivity contribution in [2.24, 2.45) is 0 Å². The minimum absolute atomic E-state index is 0.342. The lowest BCUT2D eigenvalue weighted by Gasteiger charge is -2.11. The Balaban J connectivity index is 3.53. The van der Waals surface area contributed by atoms with Crippen molar-refractivity contribution in [3.05, 3.63) is 33.3 Å². The zero-order valence-electron chi connectivity index (χ0n) is 8.52. The van der Waals surface area contributed by atoms with Crippen LogP contribution in [0.3, 0.4) is 0 Å². The lowest BCUT2D eigenvalue weighted by atomic mass is 9.96. The summed E-state index contributed by atoms with van der Waals surface area (Å²) >= 11 is 5.95. The van der Waals surface area contributed by atoms with Crippen LogP contribution in [0, 0.1) is 13.8 Å². The van der Waals surface area contributed by atoms with Crippen molar-refractivity contribution in [3.63, 3.8) is 0 Å². The summed E-state index contributed by atoms with van der Waals surface area (Å²) in [5, 5.41) is 9.56. The molecule has 0 saturated carbocycles. The average molecular weight is 213 g/mol. The minimum Gasteiger partial charge on any atom is -0.478 e. The van der Waals surface area contributed by atoms with Gasteiger partial charge in [0.25, 0.3) is 0 Å². The van der Waals surface area contributed by atoms with E-state index in [0.29, 0.717) is 16.1 Å². The maximum absolute atomic E-state index is 11.0. The molecule has 76 valence electrons. The number of aryl methyl sites for hydroxylation is 1. The standard InChI is InChI=1S/C11H13ClO2/c1-4-8-5-9(12)7(3)10(6(8)2)11(13)14/h5H,4H2,1-3H3,(H,13,14). The zero-order valence-corrected chi connectivity index (χ0v) is 9.27. The highest BCUT2D eigenvalue weighted by molar-refractivity contribution is 6.32. The Morgan fingerprint density at radius 1 is 1.43 bits per heavy atom. The fraction of sp³-hybridized carbons (Fsp3) is 0.364. The molecule has 1 aromatic carbocycles. The molecule has 0 aromatic heterocycles. The van der Waals surface area contributed by atoms with Gasteiger partial charge in [-0.3, -0.25) is 0 Å². The molecule has 0 radical (unpaired) electrons. The second-order valence-corrected chi connectivity index (χ2v) is 3.71. The zero-order chi connectivity index (χ0) is 10.9. The van der Waals surface area contributed by atoms with Gasteiger partial charge in [0.1, 0.15) is 0 Å². The van der Waals surface area contributed by atoms with E-state index in [2.05, 4.69) is 0 Å². The van der Waals surface area contributed by atoms with Gasteiger partial charge in [-0.2, -0.15) is 0 Å². The van der Waals surface area contributed by atoms with E-state index in [0.717, 1.165) is 17.5 Å². The lowest BCUT2D eigenvalue weighted by molar-refractivity contribution is 0.0695. The molecule has 14 heavy (non-hydrogen) atoms. The normalized spacial score (nSPS) is 10.3. The first-order valence-electron chi connectivity index (χ1n) is 4.50. The fourth-order valence-corrected chi connectivity index (χ4v) is 1.84. The Labute approximate surface area is 88.5 Å². The SMILES string of the molecule is CCc1cc(Cl)c(C)c(C(=O)O)c1C. The summed E-state index contributed by atoms with van der Waals surface area (Å²) in [5.74, 6) is -0.905. The van der Waals surface area contributed by atoms with E-state index in [9.17, 15) is 4.79 Å². The van der Waals surface area contributed by atoms with Gasteiger partial charge < -0.3 is 5.11 Å². The molecule has 1 N–H and O–H groups in total. The molecule has 1 aromatic rings. The molecule has 1 rings (SSSR count). The summed E-state index contributed by atoms with van der Waals surface area (Å²) in [6.07, 6.45) is 0.798. The van der Waals surface area contributed by atoms with Crippen molar-refractivity contribution in [2.75, 3.05) is 0 Å². The lowest BCUT2D eigenvalue weighted by Crippen LogP contribution is -2.06. The molecule has 0 saturated heterocycles. The van der Waals surface area contributed by atoms with Crippen molar-refractivity contribution in [1.82, 2.24) is 0 Å². The number of hydrogen-bond acceptors (Lipinski definition) is 1. The number of carboxylic acids is 1. The number of aromatic carboxylic acids is 1. The fourth-order valence-electron chi connectivity index (χ4n) is 1.62. The minimum atomic E-state index is -0.905. The topological polar surface area (TPSA) is 37.3 Å². The number of hydrogen-bond donors (Lipinski definition) is 1. The third-order valence-corrected chi connectivity index (χ3v) is 2.88. The summed E-state index contributed by atoms with van der Waals surface area (Å²) in [6, 6.07) is 1.85. The summed E-state index contributed by atoms with van der Waals surface area (Å²) < 4.78 is 0. The van der Waals surface area contributed by atoms with E-state index in [1.165, 1.54) is 0 Å². The monoisotopic (exact) mass is 212 g/mol. The van der Waals surface area contributed by atoms with Gasteiger partial charge in [-0.1, -0.05) is 18.5 Å². The molecule has 0 spiro atoms. The quantitative estimate of drug-likeness (QED) is 0.818. The maximum Gasteiger partial charge on any atom is 0.336 e. The molecule has 0 aliphatic rings. The van der Waals surface area contributed by atoms with Gasteiger partial charge in [0.15, 0.2) is 0 Å². The summed E-state index contributed by atoms with van der Waals surface area (Å²) in [6.45, 7) is 5.55. The molecule has 0 fully saturated rings. The number of carbonyl (C=O) groups is 1. The van der Waals surface area contributed by atoms with Crippen LogP contribution in [0.5, 0.6) is 0 Å². The third-order valence-electron chi connectivity index (χ3n) is 2.49. The summed E-state index contributed by atoms with van der Waals surface area (Å²) in [5.41, 5.74) is 2.81. The van der Waals surface area contributed by atoms with Crippen LogP contribution in [0.1, 0.15) is 34.0 Å². The van der Waals surface area contributed by atoms with Crippen molar-refractivity contribution >= 4 is 17.6 Å². The highest BCUT2D eigenvalue weighted by Gasteiger charge is 2.15. The molecule has 0 amide bonds. The van der Waals surface area contributed by atoms with E-state index in [-0.39, 0.29) is 0 Å². The Kier molecular flexibility index (Phi) is 3.17. The summed E-state index contributed by atoms with van der Waals surface area (Å²) in [7, 11) is 0. The van der Waals surface area contributed by atoms with Gasteiger partial charge in [-0.15, -0.1) is 0 Å². The molecular formula is C11H13ClO2.